The number of alkyl halides is 3. The molecule has 158 valence electrons. The van der Waals surface area contributed by atoms with E-state index in [4.69, 9.17) is 0 Å². The minimum Gasteiger partial charge on any atom is -0.353 e. The molecule has 0 saturated carbocycles. The predicted molar refractivity (Wildman–Crippen MR) is 106 cm³/mol. The lowest BCUT2D eigenvalue weighted by Crippen LogP contribution is -2.43. The predicted octanol–water partition coefficient (Wildman–Crippen LogP) is 2.71. The Kier molecular flexibility index (Phi) is 7.30. The number of carbonyl (C=O) groups is 1. The number of hydrogen-bond acceptors (Lipinski definition) is 2. The van der Waals surface area contributed by atoms with E-state index in [0.717, 1.165) is 17.8 Å². The van der Waals surface area contributed by atoms with Gasteiger partial charge < -0.3 is 19.7 Å². The standard InChI is InChI=1S/C20H26F3N5O/c1-26(2)18(29)13-25-19(28(4)14-17-9-6-10-27(17)3)24-12-15-7-5-8-16(11-15)20(21,22)23/h5-11H,12-14H2,1-4H3,(H,24,25). The van der Waals surface area contributed by atoms with Crippen molar-refractivity contribution >= 4 is 11.9 Å². The van der Waals surface area contributed by atoms with Crippen molar-refractivity contribution in [1.82, 2.24) is 19.7 Å². The molecule has 0 aliphatic heterocycles. The average Bonchev–Trinajstić information content (AvgIpc) is 3.05. The molecule has 1 heterocycles. The molecule has 0 aliphatic carbocycles. The molecule has 0 atom stereocenters. The number of guanidine groups is 1. The Balaban J connectivity index is 2.19. The van der Waals surface area contributed by atoms with Crippen LogP contribution in [0.25, 0.3) is 0 Å². The van der Waals surface area contributed by atoms with E-state index < -0.39 is 11.7 Å². The highest BCUT2D eigenvalue weighted by atomic mass is 19.4. The fraction of sp³-hybridized carbons (Fsp3) is 0.400. The van der Waals surface area contributed by atoms with E-state index in [0.29, 0.717) is 18.1 Å². The quantitative estimate of drug-likeness (QED) is 0.590. The molecular weight excluding hydrogens is 383 g/mol. The Morgan fingerprint density at radius 1 is 1.17 bits per heavy atom. The second kappa shape index (κ2) is 9.49. The fourth-order valence-corrected chi connectivity index (χ4v) is 2.62. The van der Waals surface area contributed by atoms with Crippen LogP contribution in [0.1, 0.15) is 16.8 Å². The van der Waals surface area contributed by atoms with E-state index in [1.807, 2.05) is 41.9 Å². The molecule has 1 aromatic carbocycles. The van der Waals surface area contributed by atoms with Gasteiger partial charge in [-0.3, -0.25) is 4.79 Å². The van der Waals surface area contributed by atoms with Gasteiger partial charge in [0.25, 0.3) is 0 Å². The Bertz CT molecular complexity index is 858. The number of rotatable bonds is 6. The zero-order chi connectivity index (χ0) is 21.6. The SMILES string of the molecule is CN(C)C(=O)CNC(=NCc1cccc(C(F)(F)F)c1)N(C)Cc1cccn1C. The summed E-state index contributed by atoms with van der Waals surface area (Å²) < 4.78 is 40.8. The highest BCUT2D eigenvalue weighted by Gasteiger charge is 2.30. The molecule has 0 saturated heterocycles. The van der Waals surface area contributed by atoms with Gasteiger partial charge in [-0.25, -0.2) is 4.99 Å². The van der Waals surface area contributed by atoms with Crippen LogP contribution in [0.3, 0.4) is 0 Å². The van der Waals surface area contributed by atoms with Gasteiger partial charge in [-0.2, -0.15) is 13.2 Å². The topological polar surface area (TPSA) is 52.9 Å². The Hall–Kier alpha value is -2.97. The van der Waals surface area contributed by atoms with Crippen LogP contribution in [0, 0.1) is 0 Å². The van der Waals surface area contributed by atoms with Crippen LogP contribution in [-0.4, -0.2) is 53.9 Å². The fourth-order valence-electron chi connectivity index (χ4n) is 2.62. The second-order valence-electron chi connectivity index (χ2n) is 6.95. The van der Waals surface area contributed by atoms with Crippen LogP contribution in [0.15, 0.2) is 47.6 Å². The first-order valence-electron chi connectivity index (χ1n) is 9.04. The van der Waals surface area contributed by atoms with Gasteiger partial charge in [-0.05, 0) is 29.8 Å². The molecule has 0 unspecified atom stereocenters. The van der Waals surface area contributed by atoms with Crippen molar-refractivity contribution in [3.63, 3.8) is 0 Å². The molecule has 0 aliphatic rings. The van der Waals surface area contributed by atoms with E-state index in [1.165, 1.54) is 11.0 Å². The van der Waals surface area contributed by atoms with Gasteiger partial charge in [-0.1, -0.05) is 12.1 Å². The number of likely N-dealkylation sites (N-methyl/N-ethyl adjacent to an activating group) is 1. The summed E-state index contributed by atoms with van der Waals surface area (Å²) >= 11 is 0. The van der Waals surface area contributed by atoms with Crippen LogP contribution >= 0.6 is 0 Å². The minimum absolute atomic E-state index is 0.0336. The van der Waals surface area contributed by atoms with E-state index >= 15 is 0 Å². The summed E-state index contributed by atoms with van der Waals surface area (Å²) in [7, 11) is 7.03. The molecular formula is C20H26F3N5O. The van der Waals surface area contributed by atoms with Crippen molar-refractivity contribution in [3.05, 3.63) is 59.4 Å². The number of halogens is 3. The molecule has 0 radical (unpaired) electrons. The Morgan fingerprint density at radius 2 is 1.90 bits per heavy atom. The van der Waals surface area contributed by atoms with Gasteiger partial charge in [0.05, 0.1) is 25.2 Å². The summed E-state index contributed by atoms with van der Waals surface area (Å²) in [4.78, 5) is 19.7. The summed E-state index contributed by atoms with van der Waals surface area (Å²) in [6.45, 7) is 0.611. The molecule has 29 heavy (non-hydrogen) atoms. The number of aliphatic imine (C=N–C) groups is 1. The van der Waals surface area contributed by atoms with Gasteiger partial charge in [0, 0.05) is 40.1 Å². The van der Waals surface area contributed by atoms with E-state index in [9.17, 15) is 18.0 Å². The van der Waals surface area contributed by atoms with Crippen molar-refractivity contribution in [1.29, 1.82) is 0 Å². The van der Waals surface area contributed by atoms with Gasteiger partial charge in [0.15, 0.2) is 5.96 Å². The zero-order valence-corrected chi connectivity index (χ0v) is 17.0. The Morgan fingerprint density at radius 3 is 2.48 bits per heavy atom. The van der Waals surface area contributed by atoms with Gasteiger partial charge in [0.2, 0.25) is 5.91 Å². The molecule has 0 spiro atoms. The number of nitrogens with one attached hydrogen (secondary N) is 1. The van der Waals surface area contributed by atoms with Crippen LogP contribution in [0.2, 0.25) is 0 Å². The van der Waals surface area contributed by atoms with Crippen LogP contribution in [-0.2, 0) is 31.1 Å². The second-order valence-corrected chi connectivity index (χ2v) is 6.95. The summed E-state index contributed by atoms with van der Waals surface area (Å²) in [5.41, 5.74) is 0.755. The highest BCUT2D eigenvalue weighted by Crippen LogP contribution is 2.29. The first-order valence-corrected chi connectivity index (χ1v) is 9.04. The first kappa shape index (κ1) is 22.3. The Labute approximate surface area is 168 Å². The molecule has 6 nitrogen and oxygen atoms in total. The third kappa shape index (κ3) is 6.55. The molecule has 0 fully saturated rings. The number of benzene rings is 1. The van der Waals surface area contributed by atoms with Gasteiger partial charge in [-0.15, -0.1) is 0 Å². The monoisotopic (exact) mass is 409 g/mol. The lowest BCUT2D eigenvalue weighted by Gasteiger charge is -2.23. The van der Waals surface area contributed by atoms with Crippen molar-refractivity contribution in [2.24, 2.45) is 12.0 Å². The van der Waals surface area contributed by atoms with Crippen molar-refractivity contribution in [2.45, 2.75) is 19.3 Å². The van der Waals surface area contributed by atoms with E-state index in [-0.39, 0.29) is 19.0 Å². The largest absolute Gasteiger partial charge is 0.416 e. The highest BCUT2D eigenvalue weighted by molar-refractivity contribution is 5.86. The maximum absolute atomic E-state index is 12.9. The number of nitrogens with zero attached hydrogens (tertiary/aromatic N) is 4. The normalized spacial score (nSPS) is 12.0. The lowest BCUT2D eigenvalue weighted by molar-refractivity contribution is -0.137. The molecule has 1 amide bonds. The summed E-state index contributed by atoms with van der Waals surface area (Å²) in [6.07, 6.45) is -2.48. The van der Waals surface area contributed by atoms with Crippen LogP contribution in [0.4, 0.5) is 13.2 Å². The van der Waals surface area contributed by atoms with Crippen molar-refractivity contribution in [2.75, 3.05) is 27.7 Å². The number of hydrogen-bond donors (Lipinski definition) is 1. The number of carbonyl (C=O) groups excluding carboxylic acids is 1. The minimum atomic E-state index is -4.40. The molecule has 0 bridgehead atoms. The smallest absolute Gasteiger partial charge is 0.353 e. The van der Waals surface area contributed by atoms with E-state index in [2.05, 4.69) is 10.3 Å². The molecule has 1 aromatic heterocycles. The average molecular weight is 409 g/mol. The zero-order valence-electron chi connectivity index (χ0n) is 17.0. The third-order valence-electron chi connectivity index (χ3n) is 4.37. The maximum Gasteiger partial charge on any atom is 0.416 e. The molecule has 2 aromatic rings. The number of aromatic nitrogens is 1. The maximum atomic E-state index is 12.9. The van der Waals surface area contributed by atoms with Gasteiger partial charge >= 0.3 is 6.18 Å². The summed E-state index contributed by atoms with van der Waals surface area (Å²) in [6, 6.07) is 8.97. The lowest BCUT2D eigenvalue weighted by atomic mass is 10.1. The summed E-state index contributed by atoms with van der Waals surface area (Å²) in [5, 5.41) is 3.00. The first-order chi connectivity index (χ1) is 13.6. The molecule has 9 heteroatoms. The van der Waals surface area contributed by atoms with Crippen molar-refractivity contribution in [3.8, 4) is 0 Å². The number of aryl methyl sites for hydroxylation is 1. The van der Waals surface area contributed by atoms with Crippen molar-refractivity contribution < 1.29 is 18.0 Å². The third-order valence-corrected chi connectivity index (χ3v) is 4.37. The number of amides is 1. The van der Waals surface area contributed by atoms with Gasteiger partial charge in [0.1, 0.15) is 0 Å². The summed E-state index contributed by atoms with van der Waals surface area (Å²) in [5.74, 6) is 0.294. The van der Waals surface area contributed by atoms with Crippen LogP contribution in [0.5, 0.6) is 0 Å². The molecule has 1 N–H and O–H groups in total. The molecule has 2 rings (SSSR count). The van der Waals surface area contributed by atoms with Crippen LogP contribution < -0.4 is 5.32 Å². The van der Waals surface area contributed by atoms with E-state index in [1.54, 1.807) is 20.2 Å².